The van der Waals surface area contributed by atoms with Crippen molar-refractivity contribution < 1.29 is 9.90 Å². The van der Waals surface area contributed by atoms with Crippen molar-refractivity contribution in [3.05, 3.63) is 30.1 Å². The van der Waals surface area contributed by atoms with Crippen LogP contribution in [0, 0.1) is 6.92 Å². The van der Waals surface area contributed by atoms with Gasteiger partial charge in [0.05, 0.1) is 0 Å². The summed E-state index contributed by atoms with van der Waals surface area (Å²) in [5.41, 5.74) is 1.20. The normalized spacial score (nSPS) is 10.2. The third-order valence-corrected chi connectivity index (χ3v) is 2.28. The summed E-state index contributed by atoms with van der Waals surface area (Å²) < 4.78 is 1.31. The summed E-state index contributed by atoms with van der Waals surface area (Å²) in [6, 6.07) is 4.94. The largest absolute Gasteiger partial charge is 0.508 e. The Bertz CT molecular complexity index is 523. The van der Waals surface area contributed by atoms with Crippen molar-refractivity contribution in [2.45, 2.75) is 13.5 Å². The Kier molecular flexibility index (Phi) is 2.99. The van der Waals surface area contributed by atoms with Gasteiger partial charge in [0.15, 0.2) is 0 Å². The topological polar surface area (TPSA) is 92.9 Å². The maximum absolute atomic E-state index is 11.6. The molecule has 2 aromatic rings. The molecule has 17 heavy (non-hydrogen) atoms. The highest BCUT2D eigenvalue weighted by Crippen LogP contribution is 2.23. The van der Waals surface area contributed by atoms with Gasteiger partial charge in [-0.25, -0.2) is 4.68 Å². The highest BCUT2D eigenvalue weighted by atomic mass is 16.3. The van der Waals surface area contributed by atoms with Gasteiger partial charge in [-0.1, -0.05) is 6.07 Å². The first-order chi connectivity index (χ1) is 8.16. The molecule has 2 N–H and O–H groups in total. The number of carbonyl (C=O) groups excluding carboxylic acids is 1. The number of phenols is 1. The molecule has 0 aliphatic rings. The van der Waals surface area contributed by atoms with Crippen molar-refractivity contribution in [2.75, 3.05) is 5.32 Å². The Hall–Kier alpha value is -2.44. The Balaban J connectivity index is 2.06. The van der Waals surface area contributed by atoms with Crippen LogP contribution in [0.3, 0.4) is 0 Å². The maximum Gasteiger partial charge on any atom is 0.246 e. The van der Waals surface area contributed by atoms with Crippen LogP contribution in [0.1, 0.15) is 5.56 Å². The number of phenolic OH excluding ortho intramolecular Hbond substituents is 1. The number of aromatic nitrogens is 4. The molecule has 0 fully saturated rings. The average Bonchev–Trinajstić information content (AvgIpc) is 2.77. The van der Waals surface area contributed by atoms with E-state index in [4.69, 9.17) is 0 Å². The number of carbonyl (C=O) groups is 1. The number of tetrazole rings is 1. The van der Waals surface area contributed by atoms with Gasteiger partial charge in [0.1, 0.15) is 18.6 Å². The van der Waals surface area contributed by atoms with Gasteiger partial charge in [0.25, 0.3) is 0 Å². The van der Waals surface area contributed by atoms with Gasteiger partial charge in [-0.05, 0) is 29.5 Å². The van der Waals surface area contributed by atoms with Crippen LogP contribution in [0.2, 0.25) is 0 Å². The fourth-order valence-corrected chi connectivity index (χ4v) is 1.35. The Morgan fingerprint density at radius 2 is 2.35 bits per heavy atom. The predicted molar refractivity (Wildman–Crippen MR) is 59.3 cm³/mol. The van der Waals surface area contributed by atoms with Gasteiger partial charge in [-0.15, -0.1) is 5.10 Å². The minimum Gasteiger partial charge on any atom is -0.508 e. The molecular formula is C10H11N5O2. The monoisotopic (exact) mass is 233 g/mol. The fourth-order valence-electron chi connectivity index (χ4n) is 1.35. The number of hydrogen-bond acceptors (Lipinski definition) is 5. The molecule has 1 heterocycles. The lowest BCUT2D eigenvalue weighted by Crippen LogP contribution is -2.19. The number of hydrogen-bond donors (Lipinski definition) is 2. The molecular weight excluding hydrogens is 222 g/mol. The highest BCUT2D eigenvalue weighted by molar-refractivity contribution is 5.91. The number of nitrogens with one attached hydrogen (secondary N) is 1. The first-order valence-electron chi connectivity index (χ1n) is 4.96. The molecule has 1 aromatic carbocycles. The molecule has 2 rings (SSSR count). The van der Waals surface area contributed by atoms with E-state index in [9.17, 15) is 9.90 Å². The van der Waals surface area contributed by atoms with Crippen LogP contribution >= 0.6 is 0 Å². The molecule has 0 saturated carbocycles. The van der Waals surface area contributed by atoms with Crippen LogP contribution in [0.4, 0.5) is 5.69 Å². The van der Waals surface area contributed by atoms with Gasteiger partial charge in [0.2, 0.25) is 5.91 Å². The lowest BCUT2D eigenvalue weighted by atomic mass is 10.2. The molecule has 0 radical (unpaired) electrons. The standard InChI is InChI=1S/C10H11N5O2/c1-7-8(3-2-4-9(7)16)12-10(17)5-15-6-11-13-14-15/h2-4,6,16H,5H2,1H3,(H,12,17). The van der Waals surface area contributed by atoms with E-state index in [-0.39, 0.29) is 18.2 Å². The third kappa shape index (κ3) is 2.57. The maximum atomic E-state index is 11.6. The Morgan fingerprint density at radius 3 is 3.06 bits per heavy atom. The minimum absolute atomic E-state index is 0.0299. The van der Waals surface area contributed by atoms with E-state index in [0.29, 0.717) is 11.3 Å². The van der Waals surface area contributed by atoms with Crippen molar-refractivity contribution in [2.24, 2.45) is 0 Å². The lowest BCUT2D eigenvalue weighted by molar-refractivity contribution is -0.116. The number of benzene rings is 1. The summed E-state index contributed by atoms with van der Waals surface area (Å²) >= 11 is 0. The van der Waals surface area contributed by atoms with Crippen LogP contribution in [0.15, 0.2) is 24.5 Å². The summed E-state index contributed by atoms with van der Waals surface area (Å²) in [4.78, 5) is 11.6. The van der Waals surface area contributed by atoms with Gasteiger partial charge >= 0.3 is 0 Å². The summed E-state index contributed by atoms with van der Waals surface area (Å²) in [6.07, 6.45) is 1.36. The van der Waals surface area contributed by atoms with Crippen LogP contribution in [0.25, 0.3) is 0 Å². The van der Waals surface area contributed by atoms with E-state index in [1.54, 1.807) is 25.1 Å². The molecule has 0 aliphatic carbocycles. The fraction of sp³-hybridized carbons (Fsp3) is 0.200. The smallest absolute Gasteiger partial charge is 0.246 e. The van der Waals surface area contributed by atoms with E-state index in [1.807, 2.05) is 0 Å². The molecule has 0 atom stereocenters. The zero-order valence-electron chi connectivity index (χ0n) is 9.16. The molecule has 1 amide bonds. The SMILES string of the molecule is Cc1c(O)cccc1NC(=O)Cn1cnnn1. The second-order valence-electron chi connectivity index (χ2n) is 3.51. The van der Waals surface area contributed by atoms with E-state index in [1.165, 1.54) is 11.0 Å². The lowest BCUT2D eigenvalue weighted by Gasteiger charge is -2.08. The number of nitrogens with zero attached hydrogens (tertiary/aromatic N) is 4. The first kappa shape index (κ1) is 11.1. The molecule has 0 spiro atoms. The van der Waals surface area contributed by atoms with E-state index >= 15 is 0 Å². The number of amides is 1. The zero-order chi connectivity index (χ0) is 12.3. The van der Waals surface area contributed by atoms with E-state index in [2.05, 4.69) is 20.8 Å². The first-order valence-corrected chi connectivity index (χ1v) is 4.96. The van der Waals surface area contributed by atoms with Gasteiger partial charge < -0.3 is 10.4 Å². The Morgan fingerprint density at radius 1 is 1.53 bits per heavy atom. The third-order valence-electron chi connectivity index (χ3n) is 2.28. The summed E-state index contributed by atoms with van der Waals surface area (Å²) in [5, 5.41) is 22.6. The number of rotatable bonds is 3. The van der Waals surface area contributed by atoms with Crippen molar-refractivity contribution in [1.82, 2.24) is 20.2 Å². The molecule has 7 nitrogen and oxygen atoms in total. The number of anilines is 1. The van der Waals surface area contributed by atoms with Crippen molar-refractivity contribution in [3.63, 3.8) is 0 Å². The minimum atomic E-state index is -0.258. The second kappa shape index (κ2) is 4.60. The molecule has 1 aromatic heterocycles. The summed E-state index contributed by atoms with van der Waals surface area (Å²) in [7, 11) is 0. The van der Waals surface area contributed by atoms with Gasteiger partial charge in [0, 0.05) is 11.3 Å². The zero-order valence-corrected chi connectivity index (χ0v) is 9.16. The van der Waals surface area contributed by atoms with Crippen LogP contribution in [-0.4, -0.2) is 31.2 Å². The molecule has 0 saturated heterocycles. The summed E-state index contributed by atoms with van der Waals surface area (Å²) in [5.74, 6) is -0.115. The molecule has 0 aliphatic heterocycles. The molecule has 0 bridgehead atoms. The molecule has 0 unspecified atom stereocenters. The quantitative estimate of drug-likeness (QED) is 0.796. The van der Waals surface area contributed by atoms with Crippen LogP contribution in [0.5, 0.6) is 5.75 Å². The van der Waals surface area contributed by atoms with Crippen molar-refractivity contribution >= 4 is 11.6 Å². The van der Waals surface area contributed by atoms with Crippen LogP contribution in [-0.2, 0) is 11.3 Å². The highest BCUT2D eigenvalue weighted by Gasteiger charge is 2.08. The van der Waals surface area contributed by atoms with E-state index < -0.39 is 0 Å². The molecule has 88 valence electrons. The van der Waals surface area contributed by atoms with Crippen LogP contribution < -0.4 is 5.32 Å². The van der Waals surface area contributed by atoms with E-state index in [0.717, 1.165) is 0 Å². The number of aromatic hydroxyl groups is 1. The second-order valence-corrected chi connectivity index (χ2v) is 3.51. The Labute approximate surface area is 97.1 Å². The summed E-state index contributed by atoms with van der Waals surface area (Å²) in [6.45, 7) is 1.75. The van der Waals surface area contributed by atoms with Gasteiger partial charge in [-0.2, -0.15) is 0 Å². The predicted octanol–water partition coefficient (Wildman–Crippen LogP) is 0.326. The van der Waals surface area contributed by atoms with Crippen molar-refractivity contribution in [1.29, 1.82) is 0 Å². The van der Waals surface area contributed by atoms with Gasteiger partial charge in [-0.3, -0.25) is 4.79 Å². The average molecular weight is 233 g/mol. The van der Waals surface area contributed by atoms with Crippen molar-refractivity contribution in [3.8, 4) is 5.75 Å². The molecule has 7 heteroatoms.